The summed E-state index contributed by atoms with van der Waals surface area (Å²) in [5.74, 6) is -0.0176. The lowest BCUT2D eigenvalue weighted by molar-refractivity contribution is -0.141. The van der Waals surface area contributed by atoms with Crippen molar-refractivity contribution < 1.29 is 22.7 Å². The Morgan fingerprint density at radius 2 is 2.00 bits per heavy atom. The number of ether oxygens (including phenoxy) is 1. The molecule has 2 N–H and O–H groups in total. The van der Waals surface area contributed by atoms with Gasteiger partial charge in [0.25, 0.3) is 11.5 Å². The van der Waals surface area contributed by atoms with Crippen LogP contribution in [0.15, 0.2) is 41.2 Å². The Morgan fingerprint density at radius 3 is 2.64 bits per heavy atom. The summed E-state index contributed by atoms with van der Waals surface area (Å²) in [7, 11) is 0. The minimum absolute atomic E-state index is 0.227. The fourth-order valence-electron chi connectivity index (χ4n) is 2.08. The molecule has 25 heavy (non-hydrogen) atoms. The lowest BCUT2D eigenvalue weighted by Crippen LogP contribution is -2.31. The van der Waals surface area contributed by atoms with Crippen LogP contribution in [0, 0.1) is 6.92 Å². The average Bonchev–Trinajstić information content (AvgIpc) is 2.53. The highest BCUT2D eigenvalue weighted by Gasteiger charge is 2.32. The molecule has 1 heterocycles. The van der Waals surface area contributed by atoms with E-state index in [1.54, 1.807) is 4.98 Å². The Bertz CT molecular complexity index is 800. The van der Waals surface area contributed by atoms with E-state index >= 15 is 0 Å². The molecule has 0 aliphatic heterocycles. The van der Waals surface area contributed by atoms with Crippen LogP contribution in [-0.2, 0) is 6.18 Å². The summed E-state index contributed by atoms with van der Waals surface area (Å²) in [4.78, 5) is 25.1. The molecule has 0 aliphatic carbocycles. The monoisotopic (exact) mass is 354 g/mol. The van der Waals surface area contributed by atoms with E-state index in [9.17, 15) is 22.8 Å². The first-order chi connectivity index (χ1) is 11.8. The Labute approximate surface area is 141 Å². The third kappa shape index (κ3) is 5.37. The summed E-state index contributed by atoms with van der Waals surface area (Å²) >= 11 is 0. The normalized spacial score (nSPS) is 11.2. The van der Waals surface area contributed by atoms with E-state index in [1.807, 2.05) is 31.2 Å². The number of carbonyl (C=O) groups is 1. The number of nitrogens with one attached hydrogen (secondary N) is 2. The third-order valence-corrected chi connectivity index (χ3v) is 3.32. The van der Waals surface area contributed by atoms with Gasteiger partial charge in [0.15, 0.2) is 0 Å². The fraction of sp³-hybridized carbons (Fsp3) is 0.294. The summed E-state index contributed by atoms with van der Waals surface area (Å²) in [6.07, 6.45) is -4.18. The van der Waals surface area contributed by atoms with Crippen LogP contribution in [0.2, 0.25) is 0 Å². The van der Waals surface area contributed by atoms with Gasteiger partial charge in [-0.1, -0.05) is 12.1 Å². The van der Waals surface area contributed by atoms with Crippen molar-refractivity contribution in [2.24, 2.45) is 0 Å². The van der Waals surface area contributed by atoms with Gasteiger partial charge >= 0.3 is 6.18 Å². The van der Waals surface area contributed by atoms with Gasteiger partial charge in [0.1, 0.15) is 17.0 Å². The van der Waals surface area contributed by atoms with Crippen molar-refractivity contribution in [2.45, 2.75) is 19.5 Å². The number of aromatic amines is 1. The molecular weight excluding hydrogens is 337 g/mol. The summed E-state index contributed by atoms with van der Waals surface area (Å²) < 4.78 is 42.9. The summed E-state index contributed by atoms with van der Waals surface area (Å²) in [6, 6.07) is 9.02. The Balaban J connectivity index is 1.81. The van der Waals surface area contributed by atoms with Crippen LogP contribution in [0.25, 0.3) is 0 Å². The Kier molecular flexibility index (Phi) is 5.84. The first-order valence-corrected chi connectivity index (χ1v) is 7.55. The zero-order valence-corrected chi connectivity index (χ0v) is 13.4. The van der Waals surface area contributed by atoms with E-state index in [-0.39, 0.29) is 12.1 Å². The van der Waals surface area contributed by atoms with Gasteiger partial charge in [-0.25, -0.2) is 0 Å². The first kappa shape index (κ1) is 18.6. The molecule has 1 amide bonds. The number of aromatic nitrogens is 1. The maximum absolute atomic E-state index is 12.5. The molecule has 0 spiro atoms. The number of pyridine rings is 1. The molecule has 0 fully saturated rings. The number of hydrogen-bond donors (Lipinski definition) is 2. The molecule has 5 nitrogen and oxygen atoms in total. The number of H-pyrrole nitrogens is 1. The van der Waals surface area contributed by atoms with Crippen molar-refractivity contribution in [3.63, 3.8) is 0 Å². The Hall–Kier alpha value is -2.77. The zero-order valence-electron chi connectivity index (χ0n) is 13.4. The molecule has 0 saturated carbocycles. The number of hydrogen-bond acceptors (Lipinski definition) is 3. The molecule has 0 unspecified atom stereocenters. The quantitative estimate of drug-likeness (QED) is 0.784. The lowest BCUT2D eigenvalue weighted by atomic mass is 10.2. The van der Waals surface area contributed by atoms with Crippen LogP contribution in [0.3, 0.4) is 0 Å². The van der Waals surface area contributed by atoms with Crippen LogP contribution in [0.5, 0.6) is 5.75 Å². The number of halogens is 3. The van der Waals surface area contributed by atoms with E-state index in [2.05, 4.69) is 5.32 Å². The van der Waals surface area contributed by atoms with Gasteiger partial charge in [-0.2, -0.15) is 13.2 Å². The van der Waals surface area contributed by atoms with E-state index in [1.165, 1.54) is 0 Å². The summed E-state index contributed by atoms with van der Waals surface area (Å²) in [6.45, 7) is 2.52. The van der Waals surface area contributed by atoms with Crippen molar-refractivity contribution >= 4 is 5.91 Å². The van der Waals surface area contributed by atoms with E-state index in [4.69, 9.17) is 4.74 Å². The summed E-state index contributed by atoms with van der Waals surface area (Å²) in [5.41, 5.74) is -1.58. The number of benzene rings is 1. The Morgan fingerprint density at radius 1 is 1.24 bits per heavy atom. The highest BCUT2D eigenvalue weighted by molar-refractivity contribution is 5.93. The topological polar surface area (TPSA) is 71.2 Å². The highest BCUT2D eigenvalue weighted by atomic mass is 19.4. The fourth-order valence-corrected chi connectivity index (χ4v) is 2.08. The standard InChI is InChI=1S/C17H17F3N2O3/c1-11-4-2-5-12(10-11)25-9-3-8-21-15(23)13-6-7-14(17(18,19)20)22-16(13)24/h2,4-7,10H,3,8-9H2,1H3,(H,21,23)(H,22,24). The van der Waals surface area contributed by atoms with Crippen LogP contribution in [0.4, 0.5) is 13.2 Å². The van der Waals surface area contributed by atoms with Crippen molar-refractivity contribution in [1.82, 2.24) is 10.3 Å². The minimum atomic E-state index is -4.67. The maximum Gasteiger partial charge on any atom is 0.431 e. The lowest BCUT2D eigenvalue weighted by Gasteiger charge is -2.09. The van der Waals surface area contributed by atoms with E-state index < -0.39 is 23.3 Å². The smallest absolute Gasteiger partial charge is 0.431 e. The number of carbonyl (C=O) groups excluding carboxylic acids is 1. The second-order valence-corrected chi connectivity index (χ2v) is 5.39. The third-order valence-electron chi connectivity index (χ3n) is 3.32. The molecule has 1 aromatic heterocycles. The van der Waals surface area contributed by atoms with Gasteiger partial charge in [-0.15, -0.1) is 0 Å². The van der Waals surface area contributed by atoms with Crippen LogP contribution in [-0.4, -0.2) is 24.0 Å². The minimum Gasteiger partial charge on any atom is -0.494 e. The second kappa shape index (κ2) is 7.87. The highest BCUT2D eigenvalue weighted by Crippen LogP contribution is 2.26. The van der Waals surface area contributed by atoms with E-state index in [0.717, 1.165) is 11.6 Å². The van der Waals surface area contributed by atoms with Crippen molar-refractivity contribution in [3.05, 3.63) is 63.6 Å². The van der Waals surface area contributed by atoms with Gasteiger partial charge in [0.2, 0.25) is 0 Å². The zero-order chi connectivity index (χ0) is 18.4. The number of amides is 1. The number of rotatable bonds is 6. The van der Waals surface area contributed by atoms with Gasteiger partial charge in [0.05, 0.1) is 6.61 Å². The average molecular weight is 354 g/mol. The molecule has 1 aromatic carbocycles. The van der Waals surface area contributed by atoms with Crippen LogP contribution in [0.1, 0.15) is 28.0 Å². The van der Waals surface area contributed by atoms with Crippen molar-refractivity contribution in [1.29, 1.82) is 0 Å². The van der Waals surface area contributed by atoms with Crippen molar-refractivity contribution in [3.8, 4) is 5.75 Å². The predicted octanol–water partition coefficient (Wildman–Crippen LogP) is 2.90. The second-order valence-electron chi connectivity index (χ2n) is 5.39. The van der Waals surface area contributed by atoms with Crippen LogP contribution < -0.4 is 15.6 Å². The maximum atomic E-state index is 12.5. The van der Waals surface area contributed by atoms with Gasteiger partial charge in [0, 0.05) is 6.54 Å². The molecule has 8 heteroatoms. The number of alkyl halides is 3. The number of aryl methyl sites for hydroxylation is 1. The molecule has 0 saturated heterocycles. The molecule has 0 atom stereocenters. The largest absolute Gasteiger partial charge is 0.494 e. The van der Waals surface area contributed by atoms with Crippen LogP contribution >= 0.6 is 0 Å². The SMILES string of the molecule is Cc1cccc(OCCCNC(=O)c2ccc(C(F)(F)F)[nH]c2=O)c1. The predicted molar refractivity (Wildman–Crippen MR) is 85.7 cm³/mol. The van der Waals surface area contributed by atoms with Gasteiger partial charge in [-0.05, 0) is 43.2 Å². The molecule has 2 aromatic rings. The van der Waals surface area contributed by atoms with Gasteiger partial charge in [-0.3, -0.25) is 9.59 Å². The molecular formula is C17H17F3N2O3. The van der Waals surface area contributed by atoms with Crippen molar-refractivity contribution in [2.75, 3.05) is 13.2 Å². The molecule has 0 radical (unpaired) electrons. The molecule has 134 valence electrons. The molecule has 0 aliphatic rings. The molecule has 0 bridgehead atoms. The van der Waals surface area contributed by atoms with E-state index in [0.29, 0.717) is 24.8 Å². The molecule has 2 rings (SSSR count). The first-order valence-electron chi connectivity index (χ1n) is 7.55. The summed E-state index contributed by atoms with van der Waals surface area (Å²) in [5, 5.41) is 2.48. The van der Waals surface area contributed by atoms with Gasteiger partial charge < -0.3 is 15.0 Å².